The molecule has 4 nitrogen and oxygen atoms in total. The van der Waals surface area contributed by atoms with E-state index in [1.54, 1.807) is 0 Å². The highest BCUT2D eigenvalue weighted by Gasteiger charge is 2.22. The summed E-state index contributed by atoms with van der Waals surface area (Å²) in [7, 11) is 0. The van der Waals surface area contributed by atoms with E-state index in [0.29, 0.717) is 0 Å². The van der Waals surface area contributed by atoms with Gasteiger partial charge in [-0.05, 0) is 19.8 Å². The summed E-state index contributed by atoms with van der Waals surface area (Å²) in [4.78, 5) is 21.8. The van der Waals surface area contributed by atoms with Crippen LogP contribution >= 0.6 is 0 Å². The van der Waals surface area contributed by atoms with Gasteiger partial charge in [0.25, 0.3) is 0 Å². The Morgan fingerprint density at radius 2 is 2.00 bits per heavy atom. The minimum atomic E-state index is -1.00. The summed E-state index contributed by atoms with van der Waals surface area (Å²) in [5, 5.41) is 11.0. The Labute approximate surface area is 76.6 Å². The monoisotopic (exact) mass is 183 g/mol. The molecule has 1 rings (SSSR count). The van der Waals surface area contributed by atoms with Crippen molar-refractivity contribution in [1.29, 1.82) is 0 Å². The maximum atomic E-state index is 11.3. The van der Waals surface area contributed by atoms with Gasteiger partial charge in [-0.25, -0.2) is 0 Å². The van der Waals surface area contributed by atoms with Crippen molar-refractivity contribution in [2.75, 3.05) is 0 Å². The Balaban J connectivity index is 2.36. The summed E-state index contributed by atoms with van der Waals surface area (Å²) in [6, 6.07) is -0.798. The van der Waals surface area contributed by atoms with Gasteiger partial charge in [-0.3, -0.25) is 9.59 Å². The number of nitrogens with one attached hydrogen (secondary N) is 1. The van der Waals surface area contributed by atoms with E-state index in [4.69, 9.17) is 5.11 Å². The fourth-order valence-electron chi connectivity index (χ4n) is 1.22. The number of aliphatic carboxylic acids is 1. The van der Waals surface area contributed by atoms with E-state index in [1.807, 2.05) is 12.2 Å². The standard InChI is InChI=1S/C9H13NO3/c1-6(9(12)13)10-8(11)7-4-2-3-5-7/h2-3,6-7H,4-5H2,1H3,(H,10,11)(H,12,13)/t6-/m0/s1. The number of carbonyl (C=O) groups excluding carboxylic acids is 1. The summed E-state index contributed by atoms with van der Waals surface area (Å²) >= 11 is 0. The zero-order valence-electron chi connectivity index (χ0n) is 7.49. The minimum Gasteiger partial charge on any atom is -0.480 e. The van der Waals surface area contributed by atoms with Crippen molar-refractivity contribution in [2.24, 2.45) is 5.92 Å². The molecule has 0 aliphatic heterocycles. The molecule has 1 amide bonds. The lowest BCUT2D eigenvalue weighted by atomic mass is 10.1. The summed E-state index contributed by atoms with van der Waals surface area (Å²) in [5.41, 5.74) is 0. The third kappa shape index (κ3) is 2.57. The maximum Gasteiger partial charge on any atom is 0.325 e. The highest BCUT2D eigenvalue weighted by molar-refractivity contribution is 5.85. The molecule has 4 heteroatoms. The summed E-state index contributed by atoms with van der Waals surface area (Å²) < 4.78 is 0. The first-order valence-electron chi connectivity index (χ1n) is 4.29. The quantitative estimate of drug-likeness (QED) is 0.627. The first kappa shape index (κ1) is 9.77. The van der Waals surface area contributed by atoms with Crippen LogP contribution in [0.3, 0.4) is 0 Å². The van der Waals surface area contributed by atoms with Crippen LogP contribution in [0.15, 0.2) is 12.2 Å². The van der Waals surface area contributed by atoms with Gasteiger partial charge in [0.2, 0.25) is 5.91 Å². The second-order valence-corrected chi connectivity index (χ2v) is 3.21. The first-order chi connectivity index (χ1) is 6.11. The van der Waals surface area contributed by atoms with E-state index < -0.39 is 12.0 Å². The highest BCUT2D eigenvalue weighted by Crippen LogP contribution is 2.17. The lowest BCUT2D eigenvalue weighted by Crippen LogP contribution is -2.41. The smallest absolute Gasteiger partial charge is 0.325 e. The lowest BCUT2D eigenvalue weighted by molar-refractivity contribution is -0.141. The number of carboxylic acid groups (broad SMARTS) is 1. The molecule has 0 aromatic heterocycles. The first-order valence-corrected chi connectivity index (χ1v) is 4.29. The summed E-state index contributed by atoms with van der Waals surface area (Å²) in [6.45, 7) is 1.46. The van der Waals surface area contributed by atoms with Gasteiger partial charge < -0.3 is 10.4 Å². The van der Waals surface area contributed by atoms with Crippen LogP contribution in [0.1, 0.15) is 19.8 Å². The number of rotatable bonds is 3. The fourth-order valence-corrected chi connectivity index (χ4v) is 1.22. The number of carbonyl (C=O) groups is 2. The van der Waals surface area contributed by atoms with Crippen molar-refractivity contribution in [3.63, 3.8) is 0 Å². The van der Waals surface area contributed by atoms with Gasteiger partial charge >= 0.3 is 5.97 Å². The summed E-state index contributed by atoms with van der Waals surface area (Å²) in [5.74, 6) is -1.24. The van der Waals surface area contributed by atoms with Gasteiger partial charge in [-0.15, -0.1) is 0 Å². The molecule has 13 heavy (non-hydrogen) atoms. The van der Waals surface area contributed by atoms with Crippen molar-refractivity contribution >= 4 is 11.9 Å². The number of carboxylic acids is 1. The molecule has 0 aromatic carbocycles. The molecular weight excluding hydrogens is 170 g/mol. The van der Waals surface area contributed by atoms with Crippen LogP contribution < -0.4 is 5.32 Å². The molecule has 0 saturated heterocycles. The van der Waals surface area contributed by atoms with Crippen molar-refractivity contribution in [3.8, 4) is 0 Å². The van der Waals surface area contributed by atoms with Crippen LogP contribution in [0, 0.1) is 5.92 Å². The van der Waals surface area contributed by atoms with Crippen LogP contribution in [0.2, 0.25) is 0 Å². The van der Waals surface area contributed by atoms with Crippen LogP contribution in [0.25, 0.3) is 0 Å². The topological polar surface area (TPSA) is 66.4 Å². The molecule has 0 aromatic rings. The predicted octanol–water partition coefficient (Wildman–Crippen LogP) is 0.542. The molecule has 0 radical (unpaired) electrons. The van der Waals surface area contributed by atoms with Crippen LogP contribution in [0.4, 0.5) is 0 Å². The number of allylic oxidation sites excluding steroid dienone is 2. The highest BCUT2D eigenvalue weighted by atomic mass is 16.4. The molecule has 1 aliphatic carbocycles. The van der Waals surface area contributed by atoms with Crippen molar-refractivity contribution in [1.82, 2.24) is 5.32 Å². The zero-order valence-corrected chi connectivity index (χ0v) is 7.49. The average molecular weight is 183 g/mol. The maximum absolute atomic E-state index is 11.3. The third-order valence-corrected chi connectivity index (χ3v) is 2.11. The number of hydrogen-bond donors (Lipinski definition) is 2. The second kappa shape index (κ2) is 4.07. The Morgan fingerprint density at radius 3 is 2.46 bits per heavy atom. The molecule has 0 unspecified atom stereocenters. The molecule has 0 bridgehead atoms. The van der Waals surface area contributed by atoms with Gasteiger partial charge in [0.15, 0.2) is 0 Å². The van der Waals surface area contributed by atoms with Crippen molar-refractivity contribution < 1.29 is 14.7 Å². The van der Waals surface area contributed by atoms with Gasteiger partial charge in [0.05, 0.1) is 0 Å². The SMILES string of the molecule is C[C@H](NC(=O)C1CC=CC1)C(=O)O. The molecule has 1 aliphatic rings. The van der Waals surface area contributed by atoms with Gasteiger partial charge in [-0.1, -0.05) is 12.2 Å². The summed E-state index contributed by atoms with van der Waals surface area (Å²) in [6.07, 6.45) is 5.32. The minimum absolute atomic E-state index is 0.0678. The Bertz CT molecular complexity index is 239. The van der Waals surface area contributed by atoms with Gasteiger partial charge in [0.1, 0.15) is 6.04 Å². The Morgan fingerprint density at radius 1 is 1.46 bits per heavy atom. The molecule has 2 N–H and O–H groups in total. The lowest BCUT2D eigenvalue weighted by Gasteiger charge is -2.13. The zero-order chi connectivity index (χ0) is 9.84. The molecule has 1 atom stereocenters. The number of amides is 1. The largest absolute Gasteiger partial charge is 0.480 e. The van der Waals surface area contributed by atoms with Gasteiger partial charge in [0, 0.05) is 5.92 Å². The molecule has 0 fully saturated rings. The Hall–Kier alpha value is -1.32. The average Bonchev–Trinajstić information content (AvgIpc) is 2.55. The van der Waals surface area contributed by atoms with E-state index in [9.17, 15) is 9.59 Å². The van der Waals surface area contributed by atoms with Crippen LogP contribution in [0.5, 0.6) is 0 Å². The molecule has 72 valence electrons. The Kier molecular flexibility index (Phi) is 3.06. The predicted molar refractivity (Wildman–Crippen MR) is 47.1 cm³/mol. The second-order valence-electron chi connectivity index (χ2n) is 3.21. The van der Waals surface area contributed by atoms with Crippen molar-refractivity contribution in [2.45, 2.75) is 25.8 Å². The van der Waals surface area contributed by atoms with Crippen LogP contribution in [-0.4, -0.2) is 23.0 Å². The van der Waals surface area contributed by atoms with Crippen LogP contribution in [-0.2, 0) is 9.59 Å². The van der Waals surface area contributed by atoms with E-state index in [-0.39, 0.29) is 11.8 Å². The normalized spacial score (nSPS) is 18.5. The number of hydrogen-bond acceptors (Lipinski definition) is 2. The molecule has 0 heterocycles. The van der Waals surface area contributed by atoms with E-state index in [2.05, 4.69) is 5.32 Å². The third-order valence-electron chi connectivity index (χ3n) is 2.11. The van der Waals surface area contributed by atoms with Gasteiger partial charge in [-0.2, -0.15) is 0 Å². The van der Waals surface area contributed by atoms with E-state index in [0.717, 1.165) is 12.8 Å². The van der Waals surface area contributed by atoms with E-state index in [1.165, 1.54) is 6.92 Å². The molecule has 0 spiro atoms. The molecule has 0 saturated carbocycles. The van der Waals surface area contributed by atoms with Crippen molar-refractivity contribution in [3.05, 3.63) is 12.2 Å². The fraction of sp³-hybridized carbons (Fsp3) is 0.556. The molecular formula is C9H13NO3. The van der Waals surface area contributed by atoms with E-state index >= 15 is 0 Å².